The van der Waals surface area contributed by atoms with Gasteiger partial charge in [-0.15, -0.1) is 0 Å². The van der Waals surface area contributed by atoms with E-state index in [1.165, 1.54) is 0 Å². The third kappa shape index (κ3) is 5.12. The van der Waals surface area contributed by atoms with Crippen molar-refractivity contribution in [1.82, 2.24) is 0 Å². The normalized spacial score (nSPS) is 29.2. The van der Waals surface area contributed by atoms with E-state index in [0.717, 1.165) is 26.1 Å². The largest absolute Gasteiger partial charge is 0.353 e. The SMILES string of the molecule is C1COCO1.O=CC1CCCCC1S(=O)(=O)O. The van der Waals surface area contributed by atoms with E-state index in [0.29, 0.717) is 25.9 Å². The van der Waals surface area contributed by atoms with Crippen molar-refractivity contribution in [2.24, 2.45) is 5.92 Å². The Morgan fingerprint density at radius 1 is 1.12 bits per heavy atom. The van der Waals surface area contributed by atoms with E-state index in [9.17, 15) is 13.2 Å². The Hall–Kier alpha value is -0.500. The molecular formula is C10H18O6S. The van der Waals surface area contributed by atoms with Crippen molar-refractivity contribution < 1.29 is 27.2 Å². The Kier molecular flexibility index (Phi) is 6.04. The second-order valence-electron chi connectivity index (χ2n) is 4.07. The number of rotatable bonds is 2. The number of hydrogen-bond acceptors (Lipinski definition) is 5. The minimum Gasteiger partial charge on any atom is -0.353 e. The predicted molar refractivity (Wildman–Crippen MR) is 60.1 cm³/mol. The number of aldehydes is 1. The topological polar surface area (TPSA) is 89.9 Å². The van der Waals surface area contributed by atoms with Crippen LogP contribution >= 0.6 is 0 Å². The van der Waals surface area contributed by atoms with Crippen molar-refractivity contribution in [3.05, 3.63) is 0 Å². The summed E-state index contributed by atoms with van der Waals surface area (Å²) in [6.45, 7) is 2.06. The van der Waals surface area contributed by atoms with Gasteiger partial charge in [0.25, 0.3) is 10.1 Å². The molecule has 0 aromatic heterocycles. The first-order chi connectivity index (χ1) is 8.05. The van der Waals surface area contributed by atoms with Gasteiger partial charge in [-0.3, -0.25) is 4.55 Å². The molecule has 0 aromatic rings. The average molecular weight is 266 g/mol. The van der Waals surface area contributed by atoms with Gasteiger partial charge in [-0.25, -0.2) is 0 Å². The van der Waals surface area contributed by atoms with Crippen LogP contribution in [0, 0.1) is 5.92 Å². The molecule has 17 heavy (non-hydrogen) atoms. The van der Waals surface area contributed by atoms with Crippen LogP contribution in [0.4, 0.5) is 0 Å². The Morgan fingerprint density at radius 2 is 1.71 bits per heavy atom. The predicted octanol–water partition coefficient (Wildman–Crippen LogP) is 0.623. The van der Waals surface area contributed by atoms with Crippen LogP contribution in [-0.4, -0.2) is 44.5 Å². The van der Waals surface area contributed by atoms with Crippen molar-refractivity contribution in [2.45, 2.75) is 30.9 Å². The molecule has 1 aliphatic carbocycles. The standard InChI is InChI=1S/C7H12O4S.C3H6O2/c8-5-6-3-1-2-4-7(6)12(9,10)11;1-2-5-3-4-1/h5-7H,1-4H2,(H,9,10,11);1-3H2. The molecule has 1 N–H and O–H groups in total. The van der Waals surface area contributed by atoms with Crippen molar-refractivity contribution in [2.75, 3.05) is 20.0 Å². The molecular weight excluding hydrogens is 248 g/mol. The van der Waals surface area contributed by atoms with Crippen molar-refractivity contribution in [3.8, 4) is 0 Å². The summed E-state index contributed by atoms with van der Waals surface area (Å²) < 4.78 is 39.7. The van der Waals surface area contributed by atoms with Crippen LogP contribution in [0.2, 0.25) is 0 Å². The Balaban J connectivity index is 0.000000239. The maximum atomic E-state index is 10.8. The highest BCUT2D eigenvalue weighted by atomic mass is 32.2. The molecule has 0 spiro atoms. The molecule has 0 radical (unpaired) electrons. The molecule has 2 aliphatic rings. The third-order valence-corrected chi connectivity index (χ3v) is 4.20. The Labute approximate surface area is 101 Å². The number of carbonyl (C=O) groups is 1. The second-order valence-corrected chi connectivity index (χ2v) is 5.71. The summed E-state index contributed by atoms with van der Waals surface area (Å²) in [5, 5.41) is -0.858. The molecule has 7 heteroatoms. The molecule has 2 rings (SSSR count). The summed E-state index contributed by atoms with van der Waals surface area (Å²) in [5.41, 5.74) is 0. The molecule has 1 saturated carbocycles. The molecule has 1 aliphatic heterocycles. The highest BCUT2D eigenvalue weighted by Crippen LogP contribution is 2.27. The average Bonchev–Trinajstić information content (AvgIpc) is 2.86. The first-order valence-corrected chi connectivity index (χ1v) is 7.13. The van der Waals surface area contributed by atoms with Crippen LogP contribution in [0.15, 0.2) is 0 Å². The van der Waals surface area contributed by atoms with Crippen LogP contribution in [0.1, 0.15) is 25.7 Å². The van der Waals surface area contributed by atoms with Crippen LogP contribution in [-0.2, 0) is 24.4 Å². The van der Waals surface area contributed by atoms with Gasteiger partial charge < -0.3 is 14.3 Å². The van der Waals surface area contributed by atoms with Crippen molar-refractivity contribution in [1.29, 1.82) is 0 Å². The molecule has 6 nitrogen and oxygen atoms in total. The third-order valence-electron chi connectivity index (χ3n) is 2.85. The van der Waals surface area contributed by atoms with Crippen LogP contribution in [0.3, 0.4) is 0 Å². The van der Waals surface area contributed by atoms with E-state index in [-0.39, 0.29) is 0 Å². The number of ether oxygens (including phenoxy) is 2. The van der Waals surface area contributed by atoms with E-state index < -0.39 is 21.3 Å². The summed E-state index contributed by atoms with van der Waals surface area (Å²) >= 11 is 0. The number of carbonyl (C=O) groups excluding carboxylic acids is 1. The van der Waals surface area contributed by atoms with Gasteiger partial charge in [-0.05, 0) is 12.8 Å². The van der Waals surface area contributed by atoms with E-state index >= 15 is 0 Å². The van der Waals surface area contributed by atoms with Crippen molar-refractivity contribution >= 4 is 16.4 Å². The lowest BCUT2D eigenvalue weighted by Gasteiger charge is -2.24. The summed E-state index contributed by atoms with van der Waals surface area (Å²) in [6, 6.07) is 0. The van der Waals surface area contributed by atoms with Gasteiger partial charge >= 0.3 is 0 Å². The molecule has 0 amide bonds. The van der Waals surface area contributed by atoms with E-state index in [1.54, 1.807) is 0 Å². The zero-order valence-electron chi connectivity index (χ0n) is 9.58. The van der Waals surface area contributed by atoms with Gasteiger partial charge in [0, 0.05) is 5.92 Å². The highest BCUT2D eigenvalue weighted by Gasteiger charge is 2.33. The molecule has 2 fully saturated rings. The minimum absolute atomic E-state index is 0.405. The van der Waals surface area contributed by atoms with E-state index in [2.05, 4.69) is 0 Å². The highest BCUT2D eigenvalue weighted by molar-refractivity contribution is 7.86. The molecule has 0 aromatic carbocycles. The zero-order valence-corrected chi connectivity index (χ0v) is 10.4. The smallest absolute Gasteiger partial charge is 0.268 e. The summed E-state index contributed by atoms with van der Waals surface area (Å²) in [7, 11) is -4.02. The minimum atomic E-state index is -4.02. The lowest BCUT2D eigenvalue weighted by atomic mass is 9.90. The summed E-state index contributed by atoms with van der Waals surface area (Å²) in [5.74, 6) is -0.506. The van der Waals surface area contributed by atoms with Crippen molar-refractivity contribution in [3.63, 3.8) is 0 Å². The maximum absolute atomic E-state index is 10.8. The van der Waals surface area contributed by atoms with Crippen LogP contribution in [0.25, 0.3) is 0 Å². The quantitative estimate of drug-likeness (QED) is 0.582. The molecule has 1 saturated heterocycles. The molecule has 100 valence electrons. The first-order valence-electron chi connectivity index (χ1n) is 5.63. The second kappa shape index (κ2) is 7.05. The fraction of sp³-hybridized carbons (Fsp3) is 0.900. The molecule has 2 atom stereocenters. The van der Waals surface area contributed by atoms with Gasteiger partial charge in [0.05, 0.1) is 18.5 Å². The maximum Gasteiger partial charge on any atom is 0.268 e. The van der Waals surface area contributed by atoms with Crippen LogP contribution < -0.4 is 0 Å². The van der Waals surface area contributed by atoms with Gasteiger partial charge in [0.1, 0.15) is 13.1 Å². The lowest BCUT2D eigenvalue weighted by molar-refractivity contribution is -0.111. The fourth-order valence-electron chi connectivity index (χ4n) is 1.95. The van der Waals surface area contributed by atoms with Gasteiger partial charge in [-0.2, -0.15) is 8.42 Å². The van der Waals surface area contributed by atoms with E-state index in [1.807, 2.05) is 0 Å². The summed E-state index contributed by atoms with van der Waals surface area (Å²) in [4.78, 5) is 10.4. The van der Waals surface area contributed by atoms with E-state index in [4.69, 9.17) is 14.0 Å². The Bertz CT molecular complexity index is 314. The lowest BCUT2D eigenvalue weighted by Crippen LogP contribution is -2.33. The Morgan fingerprint density at radius 3 is 2.06 bits per heavy atom. The van der Waals surface area contributed by atoms with Crippen LogP contribution in [0.5, 0.6) is 0 Å². The van der Waals surface area contributed by atoms with Gasteiger partial charge in [0.2, 0.25) is 0 Å². The molecule has 1 heterocycles. The zero-order chi connectivity index (χ0) is 12.7. The summed E-state index contributed by atoms with van der Waals surface area (Å²) in [6.07, 6.45) is 3.26. The number of hydrogen-bond donors (Lipinski definition) is 1. The van der Waals surface area contributed by atoms with Gasteiger partial charge in [-0.1, -0.05) is 12.8 Å². The first kappa shape index (κ1) is 14.6. The fourth-order valence-corrected chi connectivity index (χ4v) is 3.05. The monoisotopic (exact) mass is 266 g/mol. The van der Waals surface area contributed by atoms with Gasteiger partial charge in [0.15, 0.2) is 0 Å². The molecule has 2 unspecified atom stereocenters. The molecule has 0 bridgehead atoms.